The molecule has 0 aliphatic carbocycles. The van der Waals surface area contributed by atoms with E-state index in [2.05, 4.69) is 38.5 Å². The normalized spacial score (nSPS) is 13.5. The SMILES string of the molecule is NC(CCC(=O)O)C(=O)NC(Cc1cnc[nH]1)C(=O)NC(CS)C(=O)NCC(=O)O. The molecule has 3 unspecified atom stereocenters. The maximum atomic E-state index is 12.7. The number of hydrogen-bond acceptors (Lipinski definition) is 8. The van der Waals surface area contributed by atoms with Crippen LogP contribution in [0.3, 0.4) is 0 Å². The van der Waals surface area contributed by atoms with Crippen LogP contribution < -0.4 is 21.7 Å². The number of thiol groups is 1. The van der Waals surface area contributed by atoms with Gasteiger partial charge in [0, 0.05) is 30.5 Å². The summed E-state index contributed by atoms with van der Waals surface area (Å²) in [5.74, 6) is -4.74. The van der Waals surface area contributed by atoms with E-state index >= 15 is 0 Å². The van der Waals surface area contributed by atoms with Crippen LogP contribution in [0, 0.1) is 0 Å². The topological polar surface area (TPSA) is 217 Å². The van der Waals surface area contributed by atoms with Crippen molar-refractivity contribution in [1.29, 1.82) is 0 Å². The second-order valence-electron chi connectivity index (χ2n) is 6.24. The van der Waals surface area contributed by atoms with Crippen LogP contribution in [0.5, 0.6) is 0 Å². The molecule has 8 N–H and O–H groups in total. The van der Waals surface area contributed by atoms with Crippen LogP contribution in [0.15, 0.2) is 12.5 Å². The second-order valence-corrected chi connectivity index (χ2v) is 6.60. The molecule has 166 valence electrons. The summed E-state index contributed by atoms with van der Waals surface area (Å²) in [4.78, 5) is 64.8. The standard InChI is InChI=1S/C16H24N6O7S/c17-9(1-2-12(23)24)14(27)21-10(3-8-4-18-7-20-8)16(29)22-11(6-30)15(28)19-5-13(25)26/h4,7,9-11,30H,1-3,5-6,17H2,(H,18,20)(H,19,28)(H,21,27)(H,22,29)(H,23,24)(H,25,26). The van der Waals surface area contributed by atoms with Crippen LogP contribution in [0.25, 0.3) is 0 Å². The van der Waals surface area contributed by atoms with Crippen LogP contribution in [-0.4, -0.2) is 80.3 Å². The van der Waals surface area contributed by atoms with Crippen molar-refractivity contribution in [3.8, 4) is 0 Å². The summed E-state index contributed by atoms with van der Waals surface area (Å²) in [6, 6.07) is -3.47. The summed E-state index contributed by atoms with van der Waals surface area (Å²) in [5, 5.41) is 24.3. The first-order chi connectivity index (χ1) is 14.1. The molecule has 3 amide bonds. The van der Waals surface area contributed by atoms with Gasteiger partial charge in [-0.3, -0.25) is 24.0 Å². The van der Waals surface area contributed by atoms with Crippen molar-refractivity contribution >= 4 is 42.3 Å². The van der Waals surface area contributed by atoms with Gasteiger partial charge in [-0.25, -0.2) is 4.98 Å². The number of aromatic nitrogens is 2. The van der Waals surface area contributed by atoms with Gasteiger partial charge in [0.15, 0.2) is 0 Å². The lowest BCUT2D eigenvalue weighted by atomic mass is 10.1. The first-order valence-corrected chi connectivity index (χ1v) is 9.43. The van der Waals surface area contributed by atoms with Crippen molar-refractivity contribution in [2.24, 2.45) is 5.73 Å². The van der Waals surface area contributed by atoms with Crippen molar-refractivity contribution in [3.63, 3.8) is 0 Å². The van der Waals surface area contributed by atoms with Crippen LogP contribution in [0.1, 0.15) is 18.5 Å². The number of carboxylic acids is 2. The fourth-order valence-corrected chi connectivity index (χ4v) is 2.52. The maximum Gasteiger partial charge on any atom is 0.322 e. The number of carbonyl (C=O) groups is 5. The maximum absolute atomic E-state index is 12.7. The Morgan fingerprint density at radius 2 is 1.73 bits per heavy atom. The average molecular weight is 444 g/mol. The fourth-order valence-electron chi connectivity index (χ4n) is 2.27. The van der Waals surface area contributed by atoms with E-state index in [4.69, 9.17) is 15.9 Å². The van der Waals surface area contributed by atoms with Crippen LogP contribution in [0.2, 0.25) is 0 Å². The number of hydrogen-bond donors (Lipinski definition) is 8. The van der Waals surface area contributed by atoms with Crippen molar-refractivity contribution < 1.29 is 34.2 Å². The molecule has 0 aliphatic rings. The summed E-state index contributed by atoms with van der Waals surface area (Å²) in [5.41, 5.74) is 6.18. The summed E-state index contributed by atoms with van der Waals surface area (Å²) in [7, 11) is 0. The molecule has 0 saturated heterocycles. The van der Waals surface area contributed by atoms with Gasteiger partial charge >= 0.3 is 11.9 Å². The molecule has 0 bridgehead atoms. The highest BCUT2D eigenvalue weighted by Crippen LogP contribution is 2.03. The van der Waals surface area contributed by atoms with Gasteiger partial charge in [-0.05, 0) is 6.42 Å². The molecule has 14 heteroatoms. The molecule has 1 aromatic heterocycles. The first kappa shape index (κ1) is 24.9. The molecule has 0 spiro atoms. The highest BCUT2D eigenvalue weighted by Gasteiger charge is 2.28. The molecular formula is C16H24N6O7S. The van der Waals surface area contributed by atoms with Crippen LogP contribution in [-0.2, 0) is 30.4 Å². The van der Waals surface area contributed by atoms with Crippen molar-refractivity contribution in [2.75, 3.05) is 12.3 Å². The van der Waals surface area contributed by atoms with Crippen molar-refractivity contribution in [3.05, 3.63) is 18.2 Å². The Hall–Kier alpha value is -3.13. The van der Waals surface area contributed by atoms with Gasteiger partial charge < -0.3 is 36.9 Å². The lowest BCUT2D eigenvalue weighted by molar-refractivity contribution is -0.139. The molecule has 1 aromatic rings. The third kappa shape index (κ3) is 8.91. The fraction of sp³-hybridized carbons (Fsp3) is 0.500. The first-order valence-electron chi connectivity index (χ1n) is 8.79. The van der Waals surface area contributed by atoms with E-state index in [0.29, 0.717) is 5.69 Å². The minimum atomic E-state index is -1.26. The number of imidazole rings is 1. The number of carboxylic acid groups (broad SMARTS) is 2. The summed E-state index contributed by atoms with van der Waals surface area (Å²) >= 11 is 3.98. The zero-order valence-corrected chi connectivity index (χ0v) is 16.7. The number of H-pyrrole nitrogens is 1. The number of carbonyl (C=O) groups excluding carboxylic acids is 3. The number of nitrogens with zero attached hydrogens (tertiary/aromatic N) is 1. The number of aromatic amines is 1. The lowest BCUT2D eigenvalue weighted by Crippen LogP contribution is -2.57. The largest absolute Gasteiger partial charge is 0.481 e. The van der Waals surface area contributed by atoms with Gasteiger partial charge in [-0.1, -0.05) is 0 Å². The molecule has 13 nitrogen and oxygen atoms in total. The molecule has 0 aliphatic heterocycles. The molecule has 1 heterocycles. The van der Waals surface area contributed by atoms with Crippen LogP contribution in [0.4, 0.5) is 0 Å². The van der Waals surface area contributed by atoms with E-state index in [1.54, 1.807) is 0 Å². The number of nitrogens with two attached hydrogens (primary N) is 1. The molecule has 0 aromatic carbocycles. The average Bonchev–Trinajstić information content (AvgIpc) is 3.20. The quantitative estimate of drug-likeness (QED) is 0.148. The van der Waals surface area contributed by atoms with Gasteiger partial charge in [0.1, 0.15) is 18.6 Å². The minimum absolute atomic E-state index is 0.0146. The van der Waals surface area contributed by atoms with E-state index in [1.807, 2.05) is 0 Å². The molecule has 3 atom stereocenters. The molecule has 30 heavy (non-hydrogen) atoms. The van der Waals surface area contributed by atoms with E-state index < -0.39 is 54.3 Å². The van der Waals surface area contributed by atoms with Crippen LogP contribution >= 0.6 is 12.6 Å². The molecular weight excluding hydrogens is 420 g/mol. The summed E-state index contributed by atoms with van der Waals surface area (Å²) < 4.78 is 0. The Morgan fingerprint density at radius 3 is 2.27 bits per heavy atom. The van der Waals surface area contributed by atoms with Gasteiger partial charge in [0.2, 0.25) is 17.7 Å². The number of nitrogens with one attached hydrogen (secondary N) is 4. The Labute approximate surface area is 176 Å². The molecule has 0 fully saturated rings. The number of aliphatic carboxylic acids is 2. The van der Waals surface area contributed by atoms with E-state index in [1.165, 1.54) is 12.5 Å². The predicted octanol–water partition coefficient (Wildman–Crippen LogP) is -2.76. The summed E-state index contributed by atoms with van der Waals surface area (Å²) in [6.45, 7) is -0.633. The molecule has 1 rings (SSSR count). The third-order valence-corrected chi connectivity index (χ3v) is 4.21. The Morgan fingerprint density at radius 1 is 1.07 bits per heavy atom. The van der Waals surface area contributed by atoms with Gasteiger partial charge in [-0.2, -0.15) is 12.6 Å². The Balaban J connectivity index is 2.83. The summed E-state index contributed by atoms with van der Waals surface area (Å²) in [6.07, 6.45) is 2.35. The van der Waals surface area contributed by atoms with Gasteiger partial charge in [-0.15, -0.1) is 0 Å². The smallest absolute Gasteiger partial charge is 0.322 e. The Bertz CT molecular complexity index is 757. The highest BCUT2D eigenvalue weighted by atomic mass is 32.1. The minimum Gasteiger partial charge on any atom is -0.481 e. The van der Waals surface area contributed by atoms with E-state index in [-0.39, 0.29) is 25.0 Å². The number of amides is 3. The van der Waals surface area contributed by atoms with E-state index in [9.17, 15) is 24.0 Å². The lowest BCUT2D eigenvalue weighted by Gasteiger charge is -2.23. The van der Waals surface area contributed by atoms with E-state index in [0.717, 1.165) is 0 Å². The zero-order valence-electron chi connectivity index (χ0n) is 15.8. The Kier molecular flexibility index (Phi) is 10.3. The third-order valence-electron chi connectivity index (χ3n) is 3.85. The molecule has 0 saturated carbocycles. The number of rotatable bonds is 13. The predicted molar refractivity (Wildman–Crippen MR) is 105 cm³/mol. The highest BCUT2D eigenvalue weighted by molar-refractivity contribution is 7.80. The van der Waals surface area contributed by atoms with Gasteiger partial charge in [0.05, 0.1) is 12.4 Å². The van der Waals surface area contributed by atoms with Gasteiger partial charge in [0.25, 0.3) is 0 Å². The monoisotopic (exact) mass is 444 g/mol. The van der Waals surface area contributed by atoms with Crippen molar-refractivity contribution in [1.82, 2.24) is 25.9 Å². The zero-order chi connectivity index (χ0) is 22.7. The molecule has 0 radical (unpaired) electrons. The second kappa shape index (κ2) is 12.4. The van der Waals surface area contributed by atoms with Crippen molar-refractivity contribution in [2.45, 2.75) is 37.4 Å².